The third-order valence-corrected chi connectivity index (χ3v) is 5.57. The van der Waals surface area contributed by atoms with Gasteiger partial charge in [0, 0.05) is 3.92 Å². The van der Waals surface area contributed by atoms with Gasteiger partial charge in [-0.1, -0.05) is 120 Å². The summed E-state index contributed by atoms with van der Waals surface area (Å²) in [6, 6.07) is 0. The van der Waals surface area contributed by atoms with E-state index in [0.29, 0.717) is 0 Å². The molecule has 0 fully saturated rings. The molecule has 0 aliphatic heterocycles. The quantitative estimate of drug-likeness (QED) is 0.155. The van der Waals surface area contributed by atoms with Crippen LogP contribution in [0, 0.1) is 0 Å². The predicted octanol–water partition coefficient (Wildman–Crippen LogP) is 7.68. The summed E-state index contributed by atoms with van der Waals surface area (Å²) in [5, 5.41) is 0. The molecule has 0 spiro atoms. The van der Waals surface area contributed by atoms with E-state index in [1.165, 1.54) is 96.3 Å². The summed E-state index contributed by atoms with van der Waals surface area (Å²) >= 11 is 2.60. The van der Waals surface area contributed by atoms with E-state index >= 15 is 0 Å². The van der Waals surface area contributed by atoms with Crippen molar-refractivity contribution in [2.75, 3.05) is 0 Å². The molecule has 0 amide bonds. The molecule has 0 saturated heterocycles. The first-order valence-electron chi connectivity index (χ1n) is 8.95. The Bertz CT molecular complexity index is 156. The number of halogens is 1. The van der Waals surface area contributed by atoms with Crippen molar-refractivity contribution in [3.63, 3.8) is 0 Å². The summed E-state index contributed by atoms with van der Waals surface area (Å²) < 4.78 is 0.922. The van der Waals surface area contributed by atoms with Crippen LogP contribution in [0.5, 0.6) is 0 Å². The standard InChI is InChI=1S/C18H37I/c1-3-5-6-7-8-9-10-11-12-13-14-15-16-17-18(19)4-2/h18H,3-17H2,1-2H3. The van der Waals surface area contributed by atoms with E-state index in [9.17, 15) is 0 Å². The Morgan fingerprint density at radius 3 is 1.32 bits per heavy atom. The smallest absolute Gasteiger partial charge is 0.0107 e. The van der Waals surface area contributed by atoms with E-state index < -0.39 is 0 Å². The minimum atomic E-state index is 0.922. The van der Waals surface area contributed by atoms with Crippen LogP contribution >= 0.6 is 22.6 Å². The van der Waals surface area contributed by atoms with Crippen LogP contribution in [0.15, 0.2) is 0 Å². The molecule has 0 radical (unpaired) electrons. The summed E-state index contributed by atoms with van der Waals surface area (Å²) in [4.78, 5) is 0. The summed E-state index contributed by atoms with van der Waals surface area (Å²) in [6.07, 6.45) is 21.8. The summed E-state index contributed by atoms with van der Waals surface area (Å²) in [5.74, 6) is 0. The van der Waals surface area contributed by atoms with Gasteiger partial charge in [0.25, 0.3) is 0 Å². The van der Waals surface area contributed by atoms with Crippen molar-refractivity contribution in [1.29, 1.82) is 0 Å². The largest absolute Gasteiger partial charge is 0.0826 e. The molecule has 0 aliphatic carbocycles. The molecular weight excluding hydrogens is 343 g/mol. The maximum absolute atomic E-state index is 2.60. The van der Waals surface area contributed by atoms with Gasteiger partial charge in [0.05, 0.1) is 0 Å². The maximum Gasteiger partial charge on any atom is 0.0107 e. The van der Waals surface area contributed by atoms with Crippen LogP contribution in [-0.2, 0) is 0 Å². The van der Waals surface area contributed by atoms with Gasteiger partial charge < -0.3 is 0 Å². The highest BCUT2D eigenvalue weighted by molar-refractivity contribution is 14.1. The topological polar surface area (TPSA) is 0 Å². The molecule has 0 N–H and O–H groups in total. The summed E-state index contributed by atoms with van der Waals surface area (Å²) in [7, 11) is 0. The Hall–Kier alpha value is 0.730. The van der Waals surface area contributed by atoms with Gasteiger partial charge in [-0.25, -0.2) is 0 Å². The second-order valence-corrected chi connectivity index (χ2v) is 7.80. The van der Waals surface area contributed by atoms with E-state index in [4.69, 9.17) is 0 Å². The Morgan fingerprint density at radius 1 is 0.579 bits per heavy atom. The zero-order valence-electron chi connectivity index (χ0n) is 13.6. The Labute approximate surface area is 136 Å². The fraction of sp³-hybridized carbons (Fsp3) is 1.00. The highest BCUT2D eigenvalue weighted by Gasteiger charge is 1.99. The van der Waals surface area contributed by atoms with Gasteiger partial charge in [-0.2, -0.15) is 0 Å². The number of hydrogen-bond acceptors (Lipinski definition) is 0. The Morgan fingerprint density at radius 2 is 0.947 bits per heavy atom. The minimum Gasteiger partial charge on any atom is -0.0826 e. The van der Waals surface area contributed by atoms with E-state index in [-0.39, 0.29) is 0 Å². The molecule has 1 unspecified atom stereocenters. The van der Waals surface area contributed by atoms with Gasteiger partial charge in [0.15, 0.2) is 0 Å². The number of rotatable bonds is 15. The Kier molecular flexibility index (Phi) is 17.4. The van der Waals surface area contributed by atoms with Gasteiger partial charge >= 0.3 is 0 Å². The molecule has 0 aromatic rings. The van der Waals surface area contributed by atoms with Crippen LogP contribution in [0.25, 0.3) is 0 Å². The lowest BCUT2D eigenvalue weighted by Gasteiger charge is -2.06. The van der Waals surface area contributed by atoms with Crippen LogP contribution < -0.4 is 0 Å². The van der Waals surface area contributed by atoms with E-state index in [1.807, 2.05) is 0 Å². The van der Waals surface area contributed by atoms with Crippen LogP contribution in [0.4, 0.5) is 0 Å². The average molecular weight is 380 g/mol. The van der Waals surface area contributed by atoms with Crippen LogP contribution in [0.2, 0.25) is 0 Å². The molecule has 0 heterocycles. The van der Waals surface area contributed by atoms with Crippen molar-refractivity contribution < 1.29 is 0 Å². The van der Waals surface area contributed by atoms with E-state index in [0.717, 1.165) is 3.92 Å². The fourth-order valence-electron chi connectivity index (χ4n) is 2.59. The number of hydrogen-bond donors (Lipinski definition) is 0. The van der Waals surface area contributed by atoms with Crippen LogP contribution in [0.1, 0.15) is 110 Å². The first-order chi connectivity index (χ1) is 9.31. The normalized spacial score (nSPS) is 12.8. The van der Waals surface area contributed by atoms with Crippen LogP contribution in [0.3, 0.4) is 0 Å². The van der Waals surface area contributed by atoms with E-state index in [1.54, 1.807) is 0 Å². The first-order valence-corrected chi connectivity index (χ1v) is 10.2. The number of alkyl halides is 1. The highest BCUT2D eigenvalue weighted by atomic mass is 127. The molecule has 0 aromatic heterocycles. The molecule has 0 aliphatic rings. The zero-order chi connectivity index (χ0) is 14.2. The lowest BCUT2D eigenvalue weighted by molar-refractivity contribution is 0.534. The minimum absolute atomic E-state index is 0.922. The highest BCUT2D eigenvalue weighted by Crippen LogP contribution is 2.16. The van der Waals surface area contributed by atoms with Crippen molar-refractivity contribution in [2.24, 2.45) is 0 Å². The van der Waals surface area contributed by atoms with E-state index in [2.05, 4.69) is 36.4 Å². The Balaban J connectivity index is 2.95. The summed E-state index contributed by atoms with van der Waals surface area (Å²) in [5.41, 5.74) is 0. The molecule has 0 nitrogen and oxygen atoms in total. The van der Waals surface area contributed by atoms with Gasteiger partial charge in [0.2, 0.25) is 0 Å². The third-order valence-electron chi connectivity index (χ3n) is 4.06. The molecule has 0 bridgehead atoms. The third kappa shape index (κ3) is 16.7. The van der Waals surface area contributed by atoms with Crippen molar-refractivity contribution in [1.82, 2.24) is 0 Å². The average Bonchev–Trinajstić information content (AvgIpc) is 2.43. The van der Waals surface area contributed by atoms with Crippen molar-refractivity contribution >= 4 is 22.6 Å². The van der Waals surface area contributed by atoms with Crippen molar-refractivity contribution in [3.05, 3.63) is 0 Å². The molecule has 116 valence electrons. The molecule has 0 aromatic carbocycles. The zero-order valence-corrected chi connectivity index (χ0v) is 15.7. The van der Waals surface area contributed by atoms with Gasteiger partial charge in [0.1, 0.15) is 0 Å². The lowest BCUT2D eigenvalue weighted by Crippen LogP contribution is -1.94. The van der Waals surface area contributed by atoms with Gasteiger partial charge in [-0.15, -0.1) is 0 Å². The molecule has 1 heteroatoms. The molecular formula is C18H37I. The van der Waals surface area contributed by atoms with Gasteiger partial charge in [-0.3, -0.25) is 0 Å². The molecule has 1 atom stereocenters. The lowest BCUT2D eigenvalue weighted by atomic mass is 10.0. The first kappa shape index (κ1) is 19.7. The monoisotopic (exact) mass is 380 g/mol. The molecule has 0 rings (SSSR count). The van der Waals surface area contributed by atoms with Crippen LogP contribution in [-0.4, -0.2) is 3.92 Å². The van der Waals surface area contributed by atoms with Crippen molar-refractivity contribution in [3.8, 4) is 0 Å². The number of unbranched alkanes of at least 4 members (excludes halogenated alkanes) is 12. The van der Waals surface area contributed by atoms with Crippen molar-refractivity contribution in [2.45, 2.75) is 114 Å². The maximum atomic E-state index is 2.60. The second-order valence-electron chi connectivity index (χ2n) is 6.04. The predicted molar refractivity (Wildman–Crippen MR) is 98.4 cm³/mol. The molecule has 19 heavy (non-hydrogen) atoms. The van der Waals surface area contributed by atoms with Gasteiger partial charge in [-0.05, 0) is 12.8 Å². The SMILES string of the molecule is CCCCCCCCCCCCCCCC(I)CC. The molecule has 0 saturated carbocycles. The summed E-state index contributed by atoms with van der Waals surface area (Å²) in [6.45, 7) is 4.60. The fourth-order valence-corrected chi connectivity index (χ4v) is 3.03. The second kappa shape index (κ2) is 16.8.